The number of benzene rings is 4. The van der Waals surface area contributed by atoms with Crippen molar-refractivity contribution in [2.24, 2.45) is 0 Å². The van der Waals surface area contributed by atoms with E-state index in [0.29, 0.717) is 36.0 Å². The lowest BCUT2D eigenvalue weighted by molar-refractivity contribution is -0.142. The van der Waals surface area contributed by atoms with E-state index >= 15 is 0 Å². The molecule has 0 radical (unpaired) electrons. The number of oxazole rings is 1. The number of hydrogen-bond donors (Lipinski definition) is 1. The first-order valence-corrected chi connectivity index (χ1v) is 17.9. The fraction of sp³-hybridized carbons (Fsp3) is 0.366. The van der Waals surface area contributed by atoms with Crippen molar-refractivity contribution in [3.8, 4) is 45.2 Å². The van der Waals surface area contributed by atoms with Crippen molar-refractivity contribution in [1.82, 2.24) is 14.8 Å². The molecule has 4 aromatic carbocycles. The van der Waals surface area contributed by atoms with Gasteiger partial charge in [0, 0.05) is 35.3 Å². The fourth-order valence-corrected chi connectivity index (χ4v) is 7.93. The Labute approximate surface area is 304 Å². The molecule has 0 saturated carbocycles. The Hall–Kier alpha value is -4.94. The molecule has 1 aromatic heterocycles. The van der Waals surface area contributed by atoms with Crippen molar-refractivity contribution in [3.63, 3.8) is 0 Å². The van der Waals surface area contributed by atoms with Crippen molar-refractivity contribution in [3.05, 3.63) is 89.0 Å². The molecule has 3 heterocycles. The molecular formula is C41H41F4N3O5. The van der Waals surface area contributed by atoms with Crippen LogP contribution in [0.2, 0.25) is 0 Å². The van der Waals surface area contributed by atoms with Crippen LogP contribution >= 0.6 is 0 Å². The van der Waals surface area contributed by atoms with Gasteiger partial charge in [0.1, 0.15) is 23.1 Å². The fourth-order valence-electron chi connectivity index (χ4n) is 7.93. The van der Waals surface area contributed by atoms with Gasteiger partial charge in [-0.3, -0.25) is 14.6 Å². The summed E-state index contributed by atoms with van der Waals surface area (Å²) in [5.74, 6) is -0.590. The van der Waals surface area contributed by atoms with E-state index < -0.39 is 25.2 Å². The molecule has 8 nitrogen and oxygen atoms in total. The number of aromatic nitrogens is 1. The van der Waals surface area contributed by atoms with Crippen LogP contribution in [0.1, 0.15) is 60.9 Å². The molecule has 0 spiro atoms. The van der Waals surface area contributed by atoms with E-state index in [2.05, 4.69) is 4.90 Å². The van der Waals surface area contributed by atoms with E-state index in [9.17, 15) is 27.5 Å². The van der Waals surface area contributed by atoms with Gasteiger partial charge in [-0.1, -0.05) is 42.5 Å². The summed E-state index contributed by atoms with van der Waals surface area (Å²) in [6.45, 7) is 2.40. The smallest absolute Gasteiger partial charge is 0.387 e. The first kappa shape index (κ1) is 36.4. The van der Waals surface area contributed by atoms with E-state index in [1.54, 1.807) is 17.0 Å². The topological polar surface area (TPSA) is 88.3 Å². The number of carboxylic acid groups (broad SMARTS) is 1. The average Bonchev–Trinajstić information content (AvgIpc) is 3.90. The standard InChI is InChI=1S/C41H41F4N3O5/c1-23-28(26-14-15-32(36(20-26)53-41(44)45)25(3)47-16-4-5-17-47)9-6-10-29(23)30-11-7-12-31(24(30)2)38-46-33-19-27(22-48-18-8-13-34(48)39(49)50)35(52-40(42)43)21-37(33)51-38/h6-7,9-12,14-15,19-21,25,34,40-41H,4-5,8,13,16-18,22H2,1-3H3,(H,49,50)/t25?,34-/m0/s1. The summed E-state index contributed by atoms with van der Waals surface area (Å²) in [5.41, 5.74) is 7.76. The van der Waals surface area contributed by atoms with Gasteiger partial charge < -0.3 is 19.0 Å². The Morgan fingerprint density at radius 1 is 0.849 bits per heavy atom. The number of hydrogen-bond acceptors (Lipinski definition) is 7. The van der Waals surface area contributed by atoms with Crippen molar-refractivity contribution in [1.29, 1.82) is 0 Å². The number of halogens is 4. The monoisotopic (exact) mass is 731 g/mol. The van der Waals surface area contributed by atoms with Gasteiger partial charge in [0.2, 0.25) is 5.89 Å². The van der Waals surface area contributed by atoms with Crippen LogP contribution in [0.15, 0.2) is 71.1 Å². The minimum absolute atomic E-state index is 0.0608. The molecule has 5 aromatic rings. The van der Waals surface area contributed by atoms with Crippen molar-refractivity contribution < 1.29 is 41.4 Å². The third-order valence-electron chi connectivity index (χ3n) is 10.7. The van der Waals surface area contributed by atoms with E-state index in [1.165, 1.54) is 6.07 Å². The van der Waals surface area contributed by atoms with Gasteiger partial charge in [-0.25, -0.2) is 4.98 Å². The highest BCUT2D eigenvalue weighted by Crippen LogP contribution is 2.41. The van der Waals surface area contributed by atoms with Crippen LogP contribution < -0.4 is 9.47 Å². The van der Waals surface area contributed by atoms with Crippen LogP contribution in [0.25, 0.3) is 44.8 Å². The van der Waals surface area contributed by atoms with Crippen LogP contribution in [-0.4, -0.2) is 64.8 Å². The van der Waals surface area contributed by atoms with Crippen molar-refractivity contribution >= 4 is 17.1 Å². The lowest BCUT2D eigenvalue weighted by Gasteiger charge is -2.26. The molecule has 0 bridgehead atoms. The van der Waals surface area contributed by atoms with Crippen LogP contribution in [-0.2, 0) is 11.3 Å². The summed E-state index contributed by atoms with van der Waals surface area (Å²) in [5, 5.41) is 9.65. The molecule has 7 rings (SSSR count). The van der Waals surface area contributed by atoms with Gasteiger partial charge in [0.25, 0.3) is 0 Å². The van der Waals surface area contributed by atoms with Gasteiger partial charge >= 0.3 is 19.2 Å². The Morgan fingerprint density at radius 3 is 2.17 bits per heavy atom. The number of alkyl halides is 4. The Morgan fingerprint density at radius 2 is 1.49 bits per heavy atom. The molecule has 2 aliphatic rings. The molecule has 278 valence electrons. The second-order valence-electron chi connectivity index (χ2n) is 13.8. The highest BCUT2D eigenvalue weighted by molar-refractivity contribution is 5.85. The van der Waals surface area contributed by atoms with Gasteiger partial charge in [0.05, 0.1) is 0 Å². The molecule has 12 heteroatoms. The predicted octanol–water partition coefficient (Wildman–Crippen LogP) is 9.85. The van der Waals surface area contributed by atoms with Gasteiger partial charge in [-0.2, -0.15) is 17.6 Å². The van der Waals surface area contributed by atoms with Crippen molar-refractivity contribution in [2.45, 2.75) is 78.3 Å². The maximum absolute atomic E-state index is 13.6. The number of rotatable bonds is 12. The number of aliphatic carboxylic acids is 1. The Kier molecular flexibility index (Phi) is 10.4. The second-order valence-corrected chi connectivity index (χ2v) is 13.8. The van der Waals surface area contributed by atoms with Crippen LogP contribution in [0.4, 0.5) is 17.6 Å². The first-order valence-electron chi connectivity index (χ1n) is 17.9. The largest absolute Gasteiger partial charge is 0.480 e. The summed E-state index contributed by atoms with van der Waals surface area (Å²) in [7, 11) is 0. The average molecular weight is 732 g/mol. The summed E-state index contributed by atoms with van der Waals surface area (Å²) in [6.07, 6.45) is 3.34. The van der Waals surface area contributed by atoms with E-state index in [4.69, 9.17) is 18.9 Å². The zero-order valence-corrected chi connectivity index (χ0v) is 29.8. The molecule has 0 aliphatic carbocycles. The third-order valence-corrected chi connectivity index (χ3v) is 10.7. The molecule has 0 amide bonds. The van der Waals surface area contributed by atoms with Crippen LogP contribution in [0.3, 0.4) is 0 Å². The van der Waals surface area contributed by atoms with Crippen molar-refractivity contribution in [2.75, 3.05) is 19.6 Å². The van der Waals surface area contributed by atoms with E-state index in [-0.39, 0.29) is 35.6 Å². The zero-order chi connectivity index (χ0) is 37.4. The lowest BCUT2D eigenvalue weighted by Crippen LogP contribution is -2.35. The minimum Gasteiger partial charge on any atom is -0.480 e. The quantitative estimate of drug-likeness (QED) is 0.127. The number of fused-ring (bicyclic) bond motifs is 1. The van der Waals surface area contributed by atoms with Gasteiger partial charge in [-0.15, -0.1) is 0 Å². The molecule has 53 heavy (non-hydrogen) atoms. The van der Waals surface area contributed by atoms with Crippen LogP contribution in [0.5, 0.6) is 11.5 Å². The maximum Gasteiger partial charge on any atom is 0.387 e. The van der Waals surface area contributed by atoms with Gasteiger partial charge in [-0.05, 0) is 118 Å². The summed E-state index contributed by atoms with van der Waals surface area (Å²) in [6, 6.07) is 19.4. The molecule has 1 unspecified atom stereocenters. The molecular weight excluding hydrogens is 690 g/mol. The SMILES string of the molecule is Cc1c(-c2ccc(C(C)N3CCCC3)c(OC(F)F)c2)cccc1-c1cccc(-c2nc3cc(CN4CCC[C@H]4C(=O)O)c(OC(F)F)cc3o2)c1C. The third kappa shape index (κ3) is 7.48. The molecule has 2 fully saturated rings. The Bertz CT molecular complexity index is 2130. The Balaban J connectivity index is 1.23. The minimum atomic E-state index is -3.08. The zero-order valence-electron chi connectivity index (χ0n) is 29.8. The summed E-state index contributed by atoms with van der Waals surface area (Å²) in [4.78, 5) is 20.5. The number of carboxylic acids is 1. The normalized spacial score (nSPS) is 17.3. The van der Waals surface area contributed by atoms with Gasteiger partial charge in [0.15, 0.2) is 5.58 Å². The molecule has 1 N–H and O–H groups in total. The number of ether oxygens (including phenoxy) is 2. The highest BCUT2D eigenvalue weighted by Gasteiger charge is 2.32. The summed E-state index contributed by atoms with van der Waals surface area (Å²) < 4.78 is 70.3. The number of carbonyl (C=O) groups is 1. The highest BCUT2D eigenvalue weighted by atomic mass is 19.3. The molecule has 2 atom stereocenters. The predicted molar refractivity (Wildman–Crippen MR) is 193 cm³/mol. The van der Waals surface area contributed by atoms with E-state index in [0.717, 1.165) is 64.9 Å². The number of nitrogens with zero attached hydrogens (tertiary/aromatic N) is 3. The number of likely N-dealkylation sites (tertiary alicyclic amines) is 2. The summed E-state index contributed by atoms with van der Waals surface area (Å²) >= 11 is 0. The molecule has 2 saturated heterocycles. The second kappa shape index (κ2) is 15.2. The molecule has 2 aliphatic heterocycles. The lowest BCUT2D eigenvalue weighted by atomic mass is 9.89. The van der Waals surface area contributed by atoms with E-state index in [1.807, 2.05) is 69.3 Å². The van der Waals surface area contributed by atoms with Crippen LogP contribution in [0, 0.1) is 13.8 Å². The first-order chi connectivity index (χ1) is 25.5. The maximum atomic E-state index is 13.6.